The second kappa shape index (κ2) is 6.53. The molecular weight excluding hydrogens is 274 g/mol. The number of rotatable bonds is 3. The Bertz CT molecular complexity index is 348. The van der Waals surface area contributed by atoms with E-state index in [1.54, 1.807) is 6.21 Å². The van der Waals surface area contributed by atoms with E-state index in [1.807, 2.05) is 31.2 Å². The van der Waals surface area contributed by atoms with E-state index >= 15 is 0 Å². The minimum Gasteiger partial charge on any atom is -0.362 e. The molecule has 0 heterocycles. The van der Waals surface area contributed by atoms with Gasteiger partial charge < -0.3 is 5.32 Å². The summed E-state index contributed by atoms with van der Waals surface area (Å²) in [5.74, 6) is 0. The van der Waals surface area contributed by atoms with Gasteiger partial charge in [-0.2, -0.15) is 5.10 Å². The fraction of sp³-hybridized carbons (Fsp3) is 0.200. The maximum atomic E-state index is 4.95. The van der Waals surface area contributed by atoms with Crippen LogP contribution in [0.2, 0.25) is 0 Å². The highest BCUT2D eigenvalue weighted by atomic mass is 79.9. The van der Waals surface area contributed by atoms with Crippen molar-refractivity contribution in [3.05, 3.63) is 34.3 Å². The SMILES string of the molecule is CCNC(=S)N/N=C\c1ccc(Br)cc1. The highest BCUT2D eigenvalue weighted by Crippen LogP contribution is 2.08. The molecule has 0 aromatic heterocycles. The van der Waals surface area contributed by atoms with Crippen LogP contribution < -0.4 is 10.7 Å². The number of hydrogen-bond donors (Lipinski definition) is 2. The number of hydrogen-bond acceptors (Lipinski definition) is 2. The molecule has 15 heavy (non-hydrogen) atoms. The van der Waals surface area contributed by atoms with E-state index in [1.165, 1.54) is 0 Å². The Labute approximate surface area is 103 Å². The first kappa shape index (κ1) is 12.1. The molecule has 0 fully saturated rings. The lowest BCUT2D eigenvalue weighted by Crippen LogP contribution is -2.31. The highest BCUT2D eigenvalue weighted by molar-refractivity contribution is 9.10. The monoisotopic (exact) mass is 285 g/mol. The van der Waals surface area contributed by atoms with Crippen molar-refractivity contribution in [2.24, 2.45) is 5.10 Å². The average molecular weight is 286 g/mol. The van der Waals surface area contributed by atoms with Crippen LogP contribution in [0.5, 0.6) is 0 Å². The Morgan fingerprint density at radius 2 is 2.13 bits per heavy atom. The van der Waals surface area contributed by atoms with E-state index in [2.05, 4.69) is 31.8 Å². The van der Waals surface area contributed by atoms with Crippen molar-refractivity contribution in [2.75, 3.05) is 6.54 Å². The topological polar surface area (TPSA) is 36.4 Å². The summed E-state index contributed by atoms with van der Waals surface area (Å²) in [4.78, 5) is 0. The Balaban J connectivity index is 2.44. The molecule has 0 bridgehead atoms. The van der Waals surface area contributed by atoms with Gasteiger partial charge in [-0.05, 0) is 36.8 Å². The Kier molecular flexibility index (Phi) is 5.28. The summed E-state index contributed by atoms with van der Waals surface area (Å²) in [6, 6.07) is 7.85. The third kappa shape index (κ3) is 4.90. The normalized spacial score (nSPS) is 10.3. The molecule has 1 aromatic rings. The molecule has 3 nitrogen and oxygen atoms in total. The van der Waals surface area contributed by atoms with Gasteiger partial charge in [-0.25, -0.2) is 0 Å². The molecule has 5 heteroatoms. The number of thiocarbonyl (C=S) groups is 1. The molecule has 0 spiro atoms. The number of halogens is 1. The highest BCUT2D eigenvalue weighted by Gasteiger charge is 1.89. The van der Waals surface area contributed by atoms with Gasteiger partial charge in [0.05, 0.1) is 6.21 Å². The van der Waals surface area contributed by atoms with E-state index in [-0.39, 0.29) is 0 Å². The van der Waals surface area contributed by atoms with Crippen LogP contribution in [0, 0.1) is 0 Å². The van der Waals surface area contributed by atoms with E-state index < -0.39 is 0 Å². The molecule has 0 aliphatic carbocycles. The molecular formula is C10H12BrN3S. The minimum absolute atomic E-state index is 0.533. The van der Waals surface area contributed by atoms with Gasteiger partial charge in [0.1, 0.15) is 0 Å². The van der Waals surface area contributed by atoms with Crippen LogP contribution in [0.4, 0.5) is 0 Å². The number of nitrogens with one attached hydrogen (secondary N) is 2. The van der Waals surface area contributed by atoms with Gasteiger partial charge >= 0.3 is 0 Å². The quantitative estimate of drug-likeness (QED) is 0.508. The number of benzene rings is 1. The zero-order chi connectivity index (χ0) is 11.1. The van der Waals surface area contributed by atoms with E-state index in [4.69, 9.17) is 12.2 Å². The Hall–Kier alpha value is -0.940. The van der Waals surface area contributed by atoms with Crippen LogP contribution in [0.3, 0.4) is 0 Å². The molecule has 0 saturated heterocycles. The first-order valence-corrected chi connectivity index (χ1v) is 5.75. The van der Waals surface area contributed by atoms with Gasteiger partial charge in [-0.3, -0.25) is 5.43 Å². The third-order valence-corrected chi connectivity index (χ3v) is 2.35. The summed E-state index contributed by atoms with van der Waals surface area (Å²) in [5.41, 5.74) is 3.74. The fourth-order valence-corrected chi connectivity index (χ4v) is 1.38. The zero-order valence-electron chi connectivity index (χ0n) is 8.33. The first-order chi connectivity index (χ1) is 7.22. The maximum absolute atomic E-state index is 4.95. The summed E-state index contributed by atoms with van der Waals surface area (Å²) < 4.78 is 1.05. The molecule has 0 saturated carbocycles. The van der Waals surface area contributed by atoms with Gasteiger partial charge in [-0.15, -0.1) is 0 Å². The molecule has 0 radical (unpaired) electrons. The van der Waals surface area contributed by atoms with Gasteiger partial charge in [0.2, 0.25) is 0 Å². The molecule has 2 N–H and O–H groups in total. The summed E-state index contributed by atoms with van der Waals surface area (Å²) in [6.45, 7) is 2.77. The predicted octanol–water partition coefficient (Wildman–Crippen LogP) is 2.27. The summed E-state index contributed by atoms with van der Waals surface area (Å²) >= 11 is 8.31. The summed E-state index contributed by atoms with van der Waals surface area (Å²) in [5, 5.41) is 7.47. The van der Waals surface area contributed by atoms with E-state index in [9.17, 15) is 0 Å². The fourth-order valence-electron chi connectivity index (χ4n) is 0.914. The molecule has 0 unspecified atom stereocenters. The predicted molar refractivity (Wildman–Crippen MR) is 71.1 cm³/mol. The first-order valence-electron chi connectivity index (χ1n) is 4.55. The molecule has 80 valence electrons. The average Bonchev–Trinajstić information content (AvgIpc) is 2.21. The lowest BCUT2D eigenvalue weighted by molar-refractivity contribution is 0.904. The molecule has 0 atom stereocenters. The van der Waals surface area contributed by atoms with Crippen molar-refractivity contribution in [3.63, 3.8) is 0 Å². The van der Waals surface area contributed by atoms with E-state index in [0.717, 1.165) is 16.6 Å². The van der Waals surface area contributed by atoms with Gasteiger partial charge in [-0.1, -0.05) is 28.1 Å². The van der Waals surface area contributed by atoms with Crippen molar-refractivity contribution in [3.8, 4) is 0 Å². The maximum Gasteiger partial charge on any atom is 0.186 e. The zero-order valence-corrected chi connectivity index (χ0v) is 10.7. The van der Waals surface area contributed by atoms with Crippen molar-refractivity contribution in [1.29, 1.82) is 0 Å². The van der Waals surface area contributed by atoms with Crippen LogP contribution >= 0.6 is 28.1 Å². The molecule has 1 rings (SSSR count). The van der Waals surface area contributed by atoms with Crippen LogP contribution in [-0.4, -0.2) is 17.9 Å². The van der Waals surface area contributed by atoms with Gasteiger partial charge in [0.15, 0.2) is 5.11 Å². The third-order valence-electron chi connectivity index (χ3n) is 1.59. The minimum atomic E-state index is 0.533. The molecule has 0 aliphatic heterocycles. The standard InChI is InChI=1S/C10H12BrN3S/c1-2-12-10(15)14-13-7-8-3-5-9(11)6-4-8/h3-7H,2H2,1H3,(H2,12,14,15)/b13-7-. The number of hydrazone groups is 1. The second-order valence-corrected chi connectivity index (χ2v) is 4.10. The summed E-state index contributed by atoms with van der Waals surface area (Å²) in [7, 11) is 0. The lowest BCUT2D eigenvalue weighted by atomic mass is 10.2. The van der Waals surface area contributed by atoms with Gasteiger partial charge in [0, 0.05) is 11.0 Å². The van der Waals surface area contributed by atoms with Crippen molar-refractivity contribution in [2.45, 2.75) is 6.92 Å². The van der Waals surface area contributed by atoms with Gasteiger partial charge in [0.25, 0.3) is 0 Å². The van der Waals surface area contributed by atoms with Crippen molar-refractivity contribution >= 4 is 39.5 Å². The van der Waals surface area contributed by atoms with Crippen LogP contribution in [0.1, 0.15) is 12.5 Å². The van der Waals surface area contributed by atoms with E-state index in [0.29, 0.717) is 5.11 Å². The smallest absolute Gasteiger partial charge is 0.186 e. The lowest BCUT2D eigenvalue weighted by Gasteiger charge is -2.02. The largest absolute Gasteiger partial charge is 0.362 e. The Morgan fingerprint density at radius 1 is 1.47 bits per heavy atom. The number of nitrogens with zero attached hydrogens (tertiary/aromatic N) is 1. The Morgan fingerprint density at radius 3 is 2.73 bits per heavy atom. The van der Waals surface area contributed by atoms with Crippen molar-refractivity contribution < 1.29 is 0 Å². The second-order valence-electron chi connectivity index (χ2n) is 2.78. The van der Waals surface area contributed by atoms with Crippen molar-refractivity contribution in [1.82, 2.24) is 10.7 Å². The molecule has 1 aromatic carbocycles. The molecule has 0 aliphatic rings. The van der Waals surface area contributed by atoms with Crippen LogP contribution in [0.25, 0.3) is 0 Å². The van der Waals surface area contributed by atoms with Crippen LogP contribution in [0.15, 0.2) is 33.8 Å². The van der Waals surface area contributed by atoms with Crippen LogP contribution in [-0.2, 0) is 0 Å². The molecule has 0 amide bonds. The summed E-state index contributed by atoms with van der Waals surface area (Å²) in [6.07, 6.45) is 1.72.